The Balaban J connectivity index is 2.68. The van der Waals surface area contributed by atoms with Crippen LogP contribution in [0.3, 0.4) is 0 Å². The van der Waals surface area contributed by atoms with Gasteiger partial charge in [0.15, 0.2) is 0 Å². The van der Waals surface area contributed by atoms with Crippen LogP contribution in [-0.2, 0) is 10.1 Å². The molecular weight excluding hydrogens is 317 g/mol. The van der Waals surface area contributed by atoms with Crippen LogP contribution in [0.4, 0.5) is 4.39 Å². The zero-order valence-corrected chi connectivity index (χ0v) is 11.9. The fraction of sp³-hybridized carbons (Fsp3) is 0.250. The van der Waals surface area contributed by atoms with Crippen molar-refractivity contribution in [2.45, 2.75) is 12.3 Å². The van der Waals surface area contributed by atoms with Crippen LogP contribution in [-0.4, -0.2) is 27.8 Å². The molecule has 1 heterocycles. The minimum Gasteiger partial charge on any atom is -0.465 e. The quantitative estimate of drug-likeness (QED) is 0.641. The van der Waals surface area contributed by atoms with Gasteiger partial charge in [-0.05, 0) is 25.1 Å². The minimum atomic E-state index is -0.608. The van der Waals surface area contributed by atoms with Gasteiger partial charge in [-0.3, -0.25) is 4.57 Å². The molecule has 0 spiro atoms. The first-order valence-corrected chi connectivity index (χ1v) is 6.55. The van der Waals surface area contributed by atoms with Gasteiger partial charge in [0.05, 0.1) is 23.7 Å². The van der Waals surface area contributed by atoms with Gasteiger partial charge in [0, 0.05) is 0 Å². The Morgan fingerprint density at radius 3 is 2.84 bits per heavy atom. The lowest BCUT2D eigenvalue weighted by atomic mass is 10.1. The number of alkyl halides is 1. The highest BCUT2D eigenvalue weighted by atomic mass is 79.9. The number of benzene rings is 1. The van der Waals surface area contributed by atoms with E-state index in [1.807, 2.05) is 0 Å². The Kier molecular flexibility index (Phi) is 3.94. The summed E-state index contributed by atoms with van der Waals surface area (Å²) >= 11 is 3.30. The number of carbonyl (C=O) groups excluding carboxylic acids is 1. The number of hydrogen-bond donors (Lipinski definition) is 0. The first-order valence-electron chi connectivity index (χ1n) is 5.43. The normalized spacial score (nSPS) is 10.5. The van der Waals surface area contributed by atoms with Gasteiger partial charge in [0.1, 0.15) is 17.5 Å². The topological polar surface area (TPSA) is 57.0 Å². The fourth-order valence-corrected chi connectivity index (χ4v) is 2.15. The number of carbonyl (C=O) groups is 1. The molecule has 5 nitrogen and oxygen atoms in total. The molecule has 0 unspecified atom stereocenters. The summed E-state index contributed by atoms with van der Waals surface area (Å²) in [7, 11) is 1.25. The number of aromatic nitrogens is 3. The van der Waals surface area contributed by atoms with Crippen molar-refractivity contribution >= 4 is 21.9 Å². The molecule has 0 aliphatic rings. The van der Waals surface area contributed by atoms with Gasteiger partial charge >= 0.3 is 5.97 Å². The van der Waals surface area contributed by atoms with E-state index in [4.69, 9.17) is 0 Å². The standard InChI is InChI=1S/C12H11BrFN3O2/c1-7-15-16-11(6-13)17(7)10-4-3-8(14)5-9(10)12(18)19-2/h3-5H,6H2,1-2H3. The molecule has 0 atom stereocenters. The lowest BCUT2D eigenvalue weighted by molar-refractivity contribution is 0.0600. The third-order valence-electron chi connectivity index (χ3n) is 2.62. The van der Waals surface area contributed by atoms with Crippen molar-refractivity contribution in [2.75, 3.05) is 7.11 Å². The second kappa shape index (κ2) is 5.48. The summed E-state index contributed by atoms with van der Waals surface area (Å²) in [6, 6.07) is 3.92. The third-order valence-corrected chi connectivity index (χ3v) is 3.12. The average molecular weight is 328 g/mol. The van der Waals surface area contributed by atoms with Crippen LogP contribution in [0.25, 0.3) is 5.69 Å². The van der Waals surface area contributed by atoms with E-state index in [-0.39, 0.29) is 5.56 Å². The lowest BCUT2D eigenvalue weighted by Crippen LogP contribution is -2.11. The zero-order valence-electron chi connectivity index (χ0n) is 10.4. The number of aryl methyl sites for hydroxylation is 1. The molecule has 2 rings (SSSR count). The van der Waals surface area contributed by atoms with Crippen molar-refractivity contribution < 1.29 is 13.9 Å². The molecule has 2 aromatic rings. The summed E-state index contributed by atoms with van der Waals surface area (Å²) < 4.78 is 19.7. The molecular formula is C12H11BrFN3O2. The lowest BCUT2D eigenvalue weighted by Gasteiger charge is -2.11. The van der Waals surface area contributed by atoms with E-state index < -0.39 is 11.8 Å². The molecule has 19 heavy (non-hydrogen) atoms. The van der Waals surface area contributed by atoms with Crippen LogP contribution in [0.5, 0.6) is 0 Å². The summed E-state index contributed by atoms with van der Waals surface area (Å²) in [5, 5.41) is 8.39. The van der Waals surface area contributed by atoms with Gasteiger partial charge < -0.3 is 4.74 Å². The molecule has 0 fully saturated rings. The van der Waals surface area contributed by atoms with Gasteiger partial charge in [0.2, 0.25) is 0 Å². The number of methoxy groups -OCH3 is 1. The van der Waals surface area contributed by atoms with Crippen molar-refractivity contribution in [3.63, 3.8) is 0 Å². The van der Waals surface area contributed by atoms with Crippen molar-refractivity contribution in [1.82, 2.24) is 14.8 Å². The van der Waals surface area contributed by atoms with Crippen LogP contribution < -0.4 is 0 Å². The van der Waals surface area contributed by atoms with Crippen molar-refractivity contribution in [3.05, 3.63) is 41.2 Å². The second-order valence-corrected chi connectivity index (χ2v) is 4.35. The minimum absolute atomic E-state index is 0.132. The maximum Gasteiger partial charge on any atom is 0.340 e. The third kappa shape index (κ3) is 2.51. The Morgan fingerprint density at radius 2 is 2.21 bits per heavy atom. The molecule has 100 valence electrons. The van der Waals surface area contributed by atoms with Crippen molar-refractivity contribution in [3.8, 4) is 5.69 Å². The summed E-state index contributed by atoms with van der Waals surface area (Å²) in [4.78, 5) is 11.7. The van der Waals surface area contributed by atoms with Gasteiger partial charge in [-0.2, -0.15) is 0 Å². The highest BCUT2D eigenvalue weighted by molar-refractivity contribution is 9.08. The van der Waals surface area contributed by atoms with E-state index in [1.165, 1.54) is 19.2 Å². The van der Waals surface area contributed by atoms with Crippen LogP contribution in [0.1, 0.15) is 22.0 Å². The summed E-state index contributed by atoms with van der Waals surface area (Å²) in [5.74, 6) is 0.110. The van der Waals surface area contributed by atoms with E-state index >= 15 is 0 Å². The highest BCUT2D eigenvalue weighted by Crippen LogP contribution is 2.21. The smallest absolute Gasteiger partial charge is 0.340 e. The SMILES string of the molecule is COC(=O)c1cc(F)ccc1-n1c(C)nnc1CBr. The molecule has 0 aliphatic carbocycles. The summed E-state index contributed by atoms with van der Waals surface area (Å²) in [6.45, 7) is 1.75. The first-order chi connectivity index (χ1) is 9.08. The van der Waals surface area contributed by atoms with E-state index in [1.54, 1.807) is 11.5 Å². The molecule has 0 radical (unpaired) electrons. The monoisotopic (exact) mass is 327 g/mol. The van der Waals surface area contributed by atoms with Gasteiger partial charge in [-0.15, -0.1) is 10.2 Å². The van der Waals surface area contributed by atoms with Crippen molar-refractivity contribution in [2.24, 2.45) is 0 Å². The van der Waals surface area contributed by atoms with Crippen molar-refractivity contribution in [1.29, 1.82) is 0 Å². The van der Waals surface area contributed by atoms with E-state index in [2.05, 4.69) is 30.9 Å². The molecule has 1 aromatic heterocycles. The largest absolute Gasteiger partial charge is 0.465 e. The number of nitrogens with zero attached hydrogens (tertiary/aromatic N) is 3. The Labute approximate surface area is 117 Å². The molecule has 0 bridgehead atoms. The Morgan fingerprint density at radius 1 is 1.47 bits per heavy atom. The number of ether oxygens (including phenoxy) is 1. The average Bonchev–Trinajstić information content (AvgIpc) is 2.79. The number of esters is 1. The van der Waals surface area contributed by atoms with E-state index in [0.29, 0.717) is 22.7 Å². The van der Waals surface area contributed by atoms with Crippen LogP contribution in [0.15, 0.2) is 18.2 Å². The van der Waals surface area contributed by atoms with Gasteiger partial charge in [-0.25, -0.2) is 9.18 Å². The Bertz CT molecular complexity index is 627. The molecule has 0 saturated carbocycles. The molecule has 0 amide bonds. The molecule has 1 aromatic carbocycles. The van der Waals surface area contributed by atoms with Crippen LogP contribution >= 0.6 is 15.9 Å². The molecule has 7 heteroatoms. The number of rotatable bonds is 3. The fourth-order valence-electron chi connectivity index (χ4n) is 1.78. The summed E-state index contributed by atoms with van der Waals surface area (Å²) in [6.07, 6.45) is 0. The summed E-state index contributed by atoms with van der Waals surface area (Å²) in [5.41, 5.74) is 0.623. The van der Waals surface area contributed by atoms with Crippen LogP contribution in [0.2, 0.25) is 0 Å². The van der Waals surface area contributed by atoms with Crippen LogP contribution in [0, 0.1) is 12.7 Å². The molecule has 0 aliphatic heterocycles. The maximum atomic E-state index is 13.3. The first kappa shape index (κ1) is 13.7. The predicted octanol–water partition coefficient (Wildman–Crippen LogP) is 2.40. The zero-order chi connectivity index (χ0) is 14.0. The number of hydrogen-bond acceptors (Lipinski definition) is 4. The maximum absolute atomic E-state index is 13.3. The molecule has 0 saturated heterocycles. The van der Waals surface area contributed by atoms with E-state index in [9.17, 15) is 9.18 Å². The predicted molar refractivity (Wildman–Crippen MR) is 70.0 cm³/mol. The highest BCUT2D eigenvalue weighted by Gasteiger charge is 2.18. The number of halogens is 2. The Hall–Kier alpha value is -1.76. The van der Waals surface area contributed by atoms with E-state index in [0.717, 1.165) is 6.07 Å². The molecule has 0 N–H and O–H groups in total. The van der Waals surface area contributed by atoms with Gasteiger partial charge in [0.25, 0.3) is 0 Å². The van der Waals surface area contributed by atoms with Gasteiger partial charge in [-0.1, -0.05) is 15.9 Å². The second-order valence-electron chi connectivity index (χ2n) is 3.79.